The van der Waals surface area contributed by atoms with Crippen LogP contribution in [0.4, 0.5) is 0 Å². The minimum Gasteiger partial charge on any atom is -0.238 e. The highest BCUT2D eigenvalue weighted by Gasteiger charge is 2.23. The zero-order chi connectivity index (χ0) is 14.1. The molecular weight excluding hydrogens is 298 g/mol. The Balaban J connectivity index is 1.66. The van der Waals surface area contributed by atoms with E-state index >= 15 is 0 Å². The summed E-state index contributed by atoms with van der Waals surface area (Å²) in [4.78, 5) is 4.34. The summed E-state index contributed by atoms with van der Waals surface area (Å²) in [6.07, 6.45) is 5.41. The van der Waals surface area contributed by atoms with E-state index < -0.39 is 0 Å². The van der Waals surface area contributed by atoms with E-state index in [1.54, 1.807) is 23.1 Å². The summed E-state index contributed by atoms with van der Waals surface area (Å²) in [6.45, 7) is 0. The zero-order valence-corrected chi connectivity index (χ0v) is 13.2. The van der Waals surface area contributed by atoms with Gasteiger partial charge >= 0.3 is 0 Å². The average Bonchev–Trinajstić information content (AvgIpc) is 3.24. The van der Waals surface area contributed by atoms with E-state index in [4.69, 9.17) is 5.10 Å². The van der Waals surface area contributed by atoms with Gasteiger partial charge in [-0.1, -0.05) is 30.0 Å². The van der Waals surface area contributed by atoms with Crippen molar-refractivity contribution in [3.63, 3.8) is 0 Å². The minimum atomic E-state index is 0.912. The highest BCUT2D eigenvalue weighted by Crippen LogP contribution is 2.32. The summed E-state index contributed by atoms with van der Waals surface area (Å²) < 4.78 is 3.26. The van der Waals surface area contributed by atoms with Crippen molar-refractivity contribution < 1.29 is 0 Å². The lowest BCUT2D eigenvalue weighted by Gasteiger charge is -2.04. The van der Waals surface area contributed by atoms with Crippen LogP contribution in [0, 0.1) is 0 Å². The summed E-state index contributed by atoms with van der Waals surface area (Å²) in [6, 6.07) is 10.4. The molecule has 3 aromatic rings. The maximum atomic E-state index is 4.87. The third-order valence-corrected chi connectivity index (χ3v) is 5.73. The van der Waals surface area contributed by atoms with Gasteiger partial charge in [0.15, 0.2) is 0 Å². The van der Waals surface area contributed by atoms with Gasteiger partial charge in [0.25, 0.3) is 0 Å². The van der Waals surface area contributed by atoms with Gasteiger partial charge in [-0.05, 0) is 37.0 Å². The van der Waals surface area contributed by atoms with Crippen LogP contribution in [0.25, 0.3) is 5.69 Å². The highest BCUT2D eigenvalue weighted by atomic mass is 32.2. The molecule has 2 heterocycles. The molecule has 0 aliphatic heterocycles. The van der Waals surface area contributed by atoms with Gasteiger partial charge in [-0.2, -0.15) is 5.10 Å². The van der Waals surface area contributed by atoms with Crippen LogP contribution >= 0.6 is 23.1 Å². The maximum Gasteiger partial charge on any atom is 0.150 e. The van der Waals surface area contributed by atoms with Crippen LogP contribution in [0.5, 0.6) is 0 Å². The number of para-hydroxylation sites is 1. The van der Waals surface area contributed by atoms with Crippen molar-refractivity contribution in [2.45, 2.75) is 29.4 Å². The quantitative estimate of drug-likeness (QED) is 0.679. The second-order valence-electron chi connectivity index (χ2n) is 5.06. The summed E-state index contributed by atoms with van der Waals surface area (Å²) in [5.41, 5.74) is 5.26. The van der Waals surface area contributed by atoms with Gasteiger partial charge in [0.2, 0.25) is 0 Å². The standard InChI is InChI=1S/C16H15N3S2/c1-2-5-12(6-3-1)19-15-8-4-7-13(15)14(18-19)11-21-16-17-9-10-20-16/h1-3,5-6,9-10H,4,7-8,11H2. The molecule has 5 heteroatoms. The molecule has 0 N–H and O–H groups in total. The first kappa shape index (κ1) is 13.1. The fourth-order valence-electron chi connectivity index (χ4n) is 2.82. The molecule has 0 radical (unpaired) electrons. The molecule has 0 spiro atoms. The van der Waals surface area contributed by atoms with Crippen molar-refractivity contribution in [3.05, 3.63) is 58.9 Å². The van der Waals surface area contributed by atoms with E-state index in [1.807, 2.05) is 17.6 Å². The molecule has 1 aliphatic rings. The first-order chi connectivity index (χ1) is 10.4. The number of benzene rings is 1. The lowest BCUT2D eigenvalue weighted by molar-refractivity contribution is 0.771. The predicted molar refractivity (Wildman–Crippen MR) is 87.3 cm³/mol. The van der Waals surface area contributed by atoms with Crippen molar-refractivity contribution in [2.24, 2.45) is 0 Å². The molecule has 106 valence electrons. The Labute approximate surface area is 132 Å². The Hall–Kier alpha value is -1.59. The van der Waals surface area contributed by atoms with Gasteiger partial charge in [-0.3, -0.25) is 0 Å². The lowest BCUT2D eigenvalue weighted by atomic mass is 10.2. The summed E-state index contributed by atoms with van der Waals surface area (Å²) in [5.74, 6) is 0.912. The van der Waals surface area contributed by atoms with Crippen molar-refractivity contribution in [1.29, 1.82) is 0 Å². The zero-order valence-electron chi connectivity index (χ0n) is 11.5. The minimum absolute atomic E-state index is 0.912. The third kappa shape index (κ3) is 2.51. The molecule has 1 aromatic carbocycles. The first-order valence-corrected chi connectivity index (χ1v) is 8.96. The summed E-state index contributed by atoms with van der Waals surface area (Å²) >= 11 is 3.48. The van der Waals surface area contributed by atoms with Crippen LogP contribution < -0.4 is 0 Å². The lowest BCUT2D eigenvalue weighted by Crippen LogP contribution is -2.01. The summed E-state index contributed by atoms with van der Waals surface area (Å²) in [7, 11) is 0. The first-order valence-electron chi connectivity index (χ1n) is 7.09. The van der Waals surface area contributed by atoms with Crippen LogP contribution in [-0.4, -0.2) is 14.8 Å². The number of hydrogen-bond acceptors (Lipinski definition) is 4. The van der Waals surface area contributed by atoms with Gasteiger partial charge in [0.1, 0.15) is 4.34 Å². The monoisotopic (exact) mass is 313 g/mol. The van der Waals surface area contributed by atoms with Gasteiger partial charge < -0.3 is 0 Å². The van der Waals surface area contributed by atoms with E-state index in [9.17, 15) is 0 Å². The fourth-order valence-corrected chi connectivity index (χ4v) is 4.43. The number of hydrogen-bond donors (Lipinski definition) is 0. The van der Waals surface area contributed by atoms with Crippen LogP contribution in [0.15, 0.2) is 46.2 Å². The van der Waals surface area contributed by atoms with Crippen LogP contribution in [0.3, 0.4) is 0 Å². The molecule has 0 atom stereocenters. The molecular formula is C16H15N3S2. The molecule has 2 aromatic heterocycles. The molecule has 0 unspecified atom stereocenters. The molecule has 0 bridgehead atoms. The largest absolute Gasteiger partial charge is 0.238 e. The van der Waals surface area contributed by atoms with E-state index in [1.165, 1.54) is 29.1 Å². The van der Waals surface area contributed by atoms with Crippen LogP contribution in [0.2, 0.25) is 0 Å². The highest BCUT2D eigenvalue weighted by molar-refractivity contribution is 8.00. The number of thioether (sulfide) groups is 1. The van der Waals surface area contributed by atoms with E-state index in [-0.39, 0.29) is 0 Å². The normalized spacial score (nSPS) is 13.5. The van der Waals surface area contributed by atoms with E-state index in [0.717, 1.165) is 22.9 Å². The topological polar surface area (TPSA) is 30.7 Å². The average molecular weight is 313 g/mol. The molecule has 4 rings (SSSR count). The maximum absolute atomic E-state index is 4.87. The SMILES string of the molecule is c1ccc(-n2nc(CSc3nccs3)c3c2CCC3)cc1. The van der Waals surface area contributed by atoms with Gasteiger partial charge in [0.05, 0.1) is 11.4 Å². The number of fused-ring (bicyclic) bond motifs is 1. The van der Waals surface area contributed by atoms with Gasteiger partial charge in [0, 0.05) is 23.0 Å². The molecule has 0 amide bonds. The smallest absolute Gasteiger partial charge is 0.150 e. The predicted octanol–water partition coefficient (Wildman–Crippen LogP) is 4.11. The number of aromatic nitrogens is 3. The van der Waals surface area contributed by atoms with Gasteiger partial charge in [-0.25, -0.2) is 9.67 Å². The Bertz CT molecular complexity index is 732. The fraction of sp³-hybridized carbons (Fsp3) is 0.250. The van der Waals surface area contributed by atoms with Crippen molar-refractivity contribution in [2.75, 3.05) is 0 Å². The van der Waals surface area contributed by atoms with Gasteiger partial charge in [-0.15, -0.1) is 11.3 Å². The van der Waals surface area contributed by atoms with Crippen molar-refractivity contribution >= 4 is 23.1 Å². The Morgan fingerprint density at radius 3 is 2.90 bits per heavy atom. The molecule has 3 nitrogen and oxygen atoms in total. The van der Waals surface area contributed by atoms with Crippen molar-refractivity contribution in [1.82, 2.24) is 14.8 Å². The molecule has 0 saturated carbocycles. The number of thiazole rings is 1. The summed E-state index contributed by atoms with van der Waals surface area (Å²) in [5, 5.41) is 6.90. The van der Waals surface area contributed by atoms with E-state index in [2.05, 4.69) is 33.9 Å². The Morgan fingerprint density at radius 1 is 1.19 bits per heavy atom. The Morgan fingerprint density at radius 2 is 2.10 bits per heavy atom. The van der Waals surface area contributed by atoms with Crippen LogP contribution in [0.1, 0.15) is 23.4 Å². The van der Waals surface area contributed by atoms with Crippen molar-refractivity contribution in [3.8, 4) is 5.69 Å². The van der Waals surface area contributed by atoms with Crippen LogP contribution in [-0.2, 0) is 18.6 Å². The third-order valence-electron chi connectivity index (χ3n) is 3.76. The molecule has 1 aliphatic carbocycles. The number of nitrogens with zero attached hydrogens (tertiary/aromatic N) is 3. The van der Waals surface area contributed by atoms with E-state index in [0.29, 0.717) is 0 Å². The second-order valence-corrected chi connectivity index (χ2v) is 7.18. The molecule has 21 heavy (non-hydrogen) atoms. The molecule has 0 fully saturated rings. The molecule has 0 saturated heterocycles. The second kappa shape index (κ2) is 5.66. The number of rotatable bonds is 4. The Kier molecular flexibility index (Phi) is 3.53.